The van der Waals surface area contributed by atoms with E-state index in [-0.39, 0.29) is 5.69 Å². The number of hydrogen-bond acceptors (Lipinski definition) is 4. The van der Waals surface area contributed by atoms with Gasteiger partial charge in [0.2, 0.25) is 0 Å². The van der Waals surface area contributed by atoms with E-state index in [9.17, 15) is 15.2 Å². The van der Waals surface area contributed by atoms with Crippen LogP contribution in [0.2, 0.25) is 5.02 Å². The molecule has 5 nitrogen and oxygen atoms in total. The van der Waals surface area contributed by atoms with Crippen molar-refractivity contribution >= 4 is 23.0 Å². The molecule has 1 aromatic carbocycles. The van der Waals surface area contributed by atoms with E-state index in [2.05, 4.69) is 5.32 Å². The van der Waals surface area contributed by atoms with Crippen molar-refractivity contribution in [3.8, 4) is 0 Å². The summed E-state index contributed by atoms with van der Waals surface area (Å²) in [6, 6.07) is 4.47. The molecule has 0 amide bonds. The fourth-order valence-electron chi connectivity index (χ4n) is 2.27. The van der Waals surface area contributed by atoms with Crippen LogP contribution in [0.15, 0.2) is 18.2 Å². The van der Waals surface area contributed by atoms with Gasteiger partial charge in [-0.05, 0) is 25.0 Å². The molecule has 18 heavy (non-hydrogen) atoms. The smallest absolute Gasteiger partial charge is 0.293 e. The van der Waals surface area contributed by atoms with Crippen LogP contribution in [-0.4, -0.2) is 22.2 Å². The number of nitrogens with zero attached hydrogens (tertiary/aromatic N) is 1. The minimum absolute atomic E-state index is 0.0657. The Morgan fingerprint density at radius 2 is 2.11 bits per heavy atom. The minimum Gasteiger partial charge on any atom is -0.388 e. The Balaban J connectivity index is 2.11. The van der Waals surface area contributed by atoms with Gasteiger partial charge in [-0.2, -0.15) is 0 Å². The van der Waals surface area contributed by atoms with Crippen LogP contribution in [0.25, 0.3) is 0 Å². The highest BCUT2D eigenvalue weighted by atomic mass is 35.5. The van der Waals surface area contributed by atoms with Crippen molar-refractivity contribution in [3.63, 3.8) is 0 Å². The topological polar surface area (TPSA) is 75.4 Å². The molecule has 0 spiro atoms. The van der Waals surface area contributed by atoms with Crippen LogP contribution in [0.1, 0.15) is 25.7 Å². The number of nitrogens with one attached hydrogen (secondary N) is 1. The first kappa shape index (κ1) is 13.1. The summed E-state index contributed by atoms with van der Waals surface area (Å²) in [5.74, 6) is 0. The summed E-state index contributed by atoms with van der Waals surface area (Å²) in [5.41, 5.74) is -0.415. The summed E-state index contributed by atoms with van der Waals surface area (Å²) in [6.07, 6.45) is 3.48. The Morgan fingerprint density at radius 3 is 2.72 bits per heavy atom. The molecule has 1 fully saturated rings. The van der Waals surface area contributed by atoms with E-state index in [0.717, 1.165) is 25.7 Å². The second kappa shape index (κ2) is 5.12. The highest BCUT2D eigenvalue weighted by Crippen LogP contribution is 2.32. The minimum atomic E-state index is -0.743. The first-order chi connectivity index (χ1) is 8.50. The van der Waals surface area contributed by atoms with Crippen molar-refractivity contribution in [2.75, 3.05) is 11.9 Å². The Kier molecular flexibility index (Phi) is 3.73. The lowest BCUT2D eigenvalue weighted by atomic mass is 10.0. The van der Waals surface area contributed by atoms with E-state index in [1.54, 1.807) is 12.1 Å². The quantitative estimate of drug-likeness (QED) is 0.651. The van der Waals surface area contributed by atoms with Crippen LogP contribution >= 0.6 is 11.6 Å². The maximum atomic E-state index is 10.9. The normalized spacial score (nSPS) is 17.7. The molecule has 1 aliphatic rings. The van der Waals surface area contributed by atoms with Gasteiger partial charge in [0, 0.05) is 17.6 Å². The number of benzene rings is 1. The van der Waals surface area contributed by atoms with Crippen LogP contribution < -0.4 is 5.32 Å². The van der Waals surface area contributed by atoms with Gasteiger partial charge < -0.3 is 10.4 Å². The van der Waals surface area contributed by atoms with Gasteiger partial charge in [-0.1, -0.05) is 24.4 Å². The molecule has 2 rings (SSSR count). The maximum Gasteiger partial charge on any atom is 0.293 e. The summed E-state index contributed by atoms with van der Waals surface area (Å²) in [5, 5.41) is 24.4. The Labute approximate surface area is 110 Å². The predicted octanol–water partition coefficient (Wildman–Crippen LogP) is 2.97. The molecule has 6 heteroatoms. The maximum absolute atomic E-state index is 10.9. The predicted molar refractivity (Wildman–Crippen MR) is 70.0 cm³/mol. The van der Waals surface area contributed by atoms with E-state index >= 15 is 0 Å². The van der Waals surface area contributed by atoms with Crippen molar-refractivity contribution < 1.29 is 10.0 Å². The number of nitro benzene ring substituents is 1. The van der Waals surface area contributed by atoms with E-state index in [0.29, 0.717) is 17.3 Å². The lowest BCUT2D eigenvalue weighted by Crippen LogP contribution is -2.33. The molecular weight excluding hydrogens is 256 g/mol. The monoisotopic (exact) mass is 270 g/mol. The number of rotatable bonds is 4. The molecule has 98 valence electrons. The van der Waals surface area contributed by atoms with E-state index < -0.39 is 10.5 Å². The van der Waals surface area contributed by atoms with Gasteiger partial charge in [0.05, 0.1) is 10.5 Å². The summed E-state index contributed by atoms with van der Waals surface area (Å²) < 4.78 is 0. The van der Waals surface area contributed by atoms with Crippen LogP contribution in [0.4, 0.5) is 11.4 Å². The van der Waals surface area contributed by atoms with Gasteiger partial charge in [-0.3, -0.25) is 10.1 Å². The molecule has 0 radical (unpaired) electrons. The van der Waals surface area contributed by atoms with E-state index in [4.69, 9.17) is 11.6 Å². The Bertz CT molecular complexity index is 459. The third-order valence-electron chi connectivity index (χ3n) is 3.30. The standard InChI is InChI=1S/C12H15ClN2O3/c13-9-3-4-10(11(7-9)15(17)18)14-8-12(16)5-1-2-6-12/h3-4,7,14,16H,1-2,5-6,8H2. The van der Waals surface area contributed by atoms with Crippen molar-refractivity contribution in [1.29, 1.82) is 0 Å². The third-order valence-corrected chi connectivity index (χ3v) is 3.53. The highest BCUT2D eigenvalue weighted by Gasteiger charge is 2.31. The van der Waals surface area contributed by atoms with Gasteiger partial charge in [0.25, 0.3) is 5.69 Å². The van der Waals surface area contributed by atoms with Crippen LogP contribution in [0.5, 0.6) is 0 Å². The highest BCUT2D eigenvalue weighted by molar-refractivity contribution is 6.30. The molecule has 1 aromatic rings. The van der Waals surface area contributed by atoms with Crippen molar-refractivity contribution in [1.82, 2.24) is 0 Å². The second-order valence-corrected chi connectivity index (χ2v) is 5.14. The van der Waals surface area contributed by atoms with Crippen molar-refractivity contribution in [3.05, 3.63) is 33.3 Å². The van der Waals surface area contributed by atoms with Crippen LogP contribution in [-0.2, 0) is 0 Å². The number of halogens is 1. The lowest BCUT2D eigenvalue weighted by Gasteiger charge is -2.22. The molecule has 1 saturated carbocycles. The molecule has 0 heterocycles. The Morgan fingerprint density at radius 1 is 1.44 bits per heavy atom. The molecule has 0 atom stereocenters. The van der Waals surface area contributed by atoms with E-state index in [1.165, 1.54) is 6.07 Å². The molecule has 0 unspecified atom stereocenters. The zero-order chi connectivity index (χ0) is 13.2. The van der Waals surface area contributed by atoms with E-state index in [1.807, 2.05) is 0 Å². The van der Waals surface area contributed by atoms with Gasteiger partial charge in [-0.15, -0.1) is 0 Å². The SMILES string of the molecule is O=[N+]([O-])c1cc(Cl)ccc1NCC1(O)CCCC1. The lowest BCUT2D eigenvalue weighted by molar-refractivity contribution is -0.383. The fourth-order valence-corrected chi connectivity index (χ4v) is 2.44. The van der Waals surface area contributed by atoms with Gasteiger partial charge in [0.15, 0.2) is 0 Å². The number of hydrogen-bond donors (Lipinski definition) is 2. The molecule has 0 bridgehead atoms. The third kappa shape index (κ3) is 2.91. The summed E-state index contributed by atoms with van der Waals surface area (Å²) in [7, 11) is 0. The molecule has 1 aliphatic carbocycles. The second-order valence-electron chi connectivity index (χ2n) is 4.70. The van der Waals surface area contributed by atoms with Gasteiger partial charge in [0.1, 0.15) is 5.69 Å². The summed E-state index contributed by atoms with van der Waals surface area (Å²) in [6.45, 7) is 0.329. The molecule has 0 aromatic heterocycles. The van der Waals surface area contributed by atoms with Crippen molar-refractivity contribution in [2.24, 2.45) is 0 Å². The average Bonchev–Trinajstić information content (AvgIpc) is 2.75. The zero-order valence-corrected chi connectivity index (χ0v) is 10.6. The number of anilines is 1. The Hall–Kier alpha value is -1.33. The van der Waals surface area contributed by atoms with Crippen LogP contribution in [0, 0.1) is 10.1 Å². The first-order valence-electron chi connectivity index (χ1n) is 5.90. The zero-order valence-electron chi connectivity index (χ0n) is 9.86. The van der Waals surface area contributed by atoms with Crippen LogP contribution in [0.3, 0.4) is 0 Å². The number of aliphatic hydroxyl groups is 1. The largest absolute Gasteiger partial charge is 0.388 e. The molecule has 0 aliphatic heterocycles. The molecule has 2 N–H and O–H groups in total. The first-order valence-corrected chi connectivity index (χ1v) is 6.28. The summed E-state index contributed by atoms with van der Waals surface area (Å²) >= 11 is 5.73. The molecular formula is C12H15ClN2O3. The molecule has 0 saturated heterocycles. The van der Waals surface area contributed by atoms with Crippen molar-refractivity contribution in [2.45, 2.75) is 31.3 Å². The van der Waals surface area contributed by atoms with Gasteiger partial charge in [-0.25, -0.2) is 0 Å². The number of nitro groups is 1. The van der Waals surface area contributed by atoms with Gasteiger partial charge >= 0.3 is 0 Å². The average molecular weight is 271 g/mol. The fraction of sp³-hybridized carbons (Fsp3) is 0.500. The summed E-state index contributed by atoms with van der Waals surface area (Å²) in [4.78, 5) is 10.4.